The van der Waals surface area contributed by atoms with Crippen LogP contribution in [0.2, 0.25) is 0 Å². The van der Waals surface area contributed by atoms with E-state index in [-0.39, 0.29) is 18.6 Å². The van der Waals surface area contributed by atoms with Crippen molar-refractivity contribution >= 4 is 43.4 Å². The van der Waals surface area contributed by atoms with Gasteiger partial charge in [-0.1, -0.05) is 12.6 Å². The Morgan fingerprint density at radius 2 is 1.87 bits per heavy atom. The van der Waals surface area contributed by atoms with Crippen molar-refractivity contribution in [2.24, 2.45) is 0 Å². The number of hydrogen-bond acceptors (Lipinski definition) is 8. The maximum Gasteiger partial charge on any atom is 0.344 e. The molecule has 0 spiro atoms. The van der Waals surface area contributed by atoms with Crippen molar-refractivity contribution in [2.75, 3.05) is 19.8 Å². The summed E-state index contributed by atoms with van der Waals surface area (Å²) in [5.41, 5.74) is 0.990. The van der Waals surface area contributed by atoms with E-state index in [1.54, 1.807) is 18.2 Å². The first kappa shape index (κ1) is 21.5. The largest absolute Gasteiger partial charge is 0.482 e. The topological polar surface area (TPSA) is 99.1 Å². The van der Waals surface area contributed by atoms with Crippen LogP contribution in [0.1, 0.15) is 5.56 Å². The summed E-state index contributed by atoms with van der Waals surface area (Å²) < 4.78 is 16.7. The zero-order chi connectivity index (χ0) is 21.7. The van der Waals surface area contributed by atoms with E-state index in [4.69, 9.17) is 9.47 Å². The van der Waals surface area contributed by atoms with Gasteiger partial charge < -0.3 is 19.3 Å². The van der Waals surface area contributed by atoms with Crippen molar-refractivity contribution in [3.63, 3.8) is 0 Å². The Balaban J connectivity index is 1.61. The third-order valence-electron chi connectivity index (χ3n) is 4.18. The number of carbonyl (C=O) groups excluding carboxylic acids is 2. The summed E-state index contributed by atoms with van der Waals surface area (Å²) in [7, 11) is 0. The summed E-state index contributed by atoms with van der Waals surface area (Å²) in [5.74, 6) is -1.03. The molecular formula is C22H20O7S. The molecule has 1 unspecified atom stereocenters. The Bertz CT molecular complexity index is 1170. The van der Waals surface area contributed by atoms with Crippen molar-refractivity contribution in [1.29, 1.82) is 0 Å². The standard InChI is InChI=1S/C22H20O7S/c1-3-20(24)28-10-14(23)11-29-21(25)12-27-15-5-7-18-17(9-15)22(26)16-6-4-13(2)8-19(16)30-18/h3-9,14,23H,1,10-12H2,2H3. The Morgan fingerprint density at radius 1 is 1.10 bits per heavy atom. The summed E-state index contributed by atoms with van der Waals surface area (Å²) in [4.78, 5) is 35.5. The zero-order valence-electron chi connectivity index (χ0n) is 16.3. The van der Waals surface area contributed by atoms with Gasteiger partial charge in [0.15, 0.2) is 12.0 Å². The summed E-state index contributed by atoms with van der Waals surface area (Å²) in [6.07, 6.45) is -0.187. The van der Waals surface area contributed by atoms with Crippen molar-refractivity contribution in [3.8, 4) is 5.75 Å². The van der Waals surface area contributed by atoms with Crippen LogP contribution in [-0.4, -0.2) is 43.0 Å². The number of aliphatic hydroxyl groups excluding tert-OH is 1. The highest BCUT2D eigenvalue weighted by Gasteiger charge is 2.12. The summed E-state index contributed by atoms with van der Waals surface area (Å²) >= 11 is 1.52. The molecule has 7 nitrogen and oxygen atoms in total. The third-order valence-corrected chi connectivity index (χ3v) is 5.31. The van der Waals surface area contributed by atoms with Gasteiger partial charge in [0.05, 0.1) is 0 Å². The number of rotatable bonds is 8. The first-order valence-electron chi connectivity index (χ1n) is 9.10. The van der Waals surface area contributed by atoms with Crippen molar-refractivity contribution in [1.82, 2.24) is 0 Å². The molecule has 0 aliphatic rings. The molecule has 0 saturated carbocycles. The van der Waals surface area contributed by atoms with Crippen LogP contribution in [0.25, 0.3) is 20.2 Å². The van der Waals surface area contributed by atoms with Crippen LogP contribution in [0, 0.1) is 6.92 Å². The number of fused-ring (bicyclic) bond motifs is 2. The van der Waals surface area contributed by atoms with Gasteiger partial charge in [-0.05, 0) is 42.8 Å². The highest BCUT2D eigenvalue weighted by atomic mass is 32.1. The number of benzene rings is 2. The van der Waals surface area contributed by atoms with Crippen LogP contribution in [-0.2, 0) is 19.1 Å². The molecule has 3 rings (SSSR count). The predicted octanol–water partition coefficient (Wildman–Crippen LogP) is 2.74. The van der Waals surface area contributed by atoms with E-state index in [2.05, 4.69) is 11.3 Å². The Morgan fingerprint density at radius 3 is 2.63 bits per heavy atom. The maximum absolute atomic E-state index is 12.8. The summed E-state index contributed by atoms with van der Waals surface area (Å²) in [5, 5.41) is 10.8. The molecule has 0 radical (unpaired) electrons. The Hall–Kier alpha value is -3.23. The van der Waals surface area contributed by atoms with Gasteiger partial charge in [-0.25, -0.2) is 9.59 Å². The van der Waals surface area contributed by atoms with E-state index < -0.39 is 24.6 Å². The van der Waals surface area contributed by atoms with Crippen LogP contribution in [0.3, 0.4) is 0 Å². The predicted molar refractivity (Wildman–Crippen MR) is 114 cm³/mol. The van der Waals surface area contributed by atoms with Crippen molar-refractivity contribution in [3.05, 3.63) is 64.8 Å². The average molecular weight is 428 g/mol. The van der Waals surface area contributed by atoms with Crippen LogP contribution in [0.4, 0.5) is 0 Å². The molecule has 156 valence electrons. The quantitative estimate of drug-likeness (QED) is 0.335. The van der Waals surface area contributed by atoms with Crippen LogP contribution < -0.4 is 10.2 Å². The first-order valence-corrected chi connectivity index (χ1v) is 9.92. The third kappa shape index (κ3) is 5.22. The van der Waals surface area contributed by atoms with Crippen molar-refractivity contribution < 1.29 is 28.9 Å². The molecule has 0 amide bonds. The minimum Gasteiger partial charge on any atom is -0.482 e. The first-order chi connectivity index (χ1) is 14.4. The summed E-state index contributed by atoms with van der Waals surface area (Å²) in [6.45, 7) is 4.15. The lowest BCUT2D eigenvalue weighted by Crippen LogP contribution is -2.26. The van der Waals surface area contributed by atoms with Crippen LogP contribution in [0.15, 0.2) is 53.8 Å². The highest BCUT2D eigenvalue weighted by Crippen LogP contribution is 2.28. The minimum absolute atomic E-state index is 0.0935. The number of esters is 2. The van der Waals surface area contributed by atoms with E-state index in [1.165, 1.54) is 11.3 Å². The lowest BCUT2D eigenvalue weighted by Gasteiger charge is -2.12. The summed E-state index contributed by atoms with van der Waals surface area (Å²) in [6, 6.07) is 10.7. The fraction of sp³-hybridized carbons (Fsp3) is 0.227. The van der Waals surface area contributed by atoms with Gasteiger partial charge in [0.2, 0.25) is 0 Å². The molecule has 30 heavy (non-hydrogen) atoms. The van der Waals surface area contributed by atoms with Gasteiger partial charge in [-0.3, -0.25) is 4.79 Å². The molecule has 0 aliphatic carbocycles. The molecular weight excluding hydrogens is 408 g/mol. The molecule has 0 aliphatic heterocycles. The van der Waals surface area contributed by atoms with Gasteiger partial charge in [-0.15, -0.1) is 11.3 Å². The number of carbonyl (C=O) groups is 2. The zero-order valence-corrected chi connectivity index (χ0v) is 17.1. The van der Waals surface area contributed by atoms with E-state index in [9.17, 15) is 19.5 Å². The van der Waals surface area contributed by atoms with Gasteiger partial charge in [0.1, 0.15) is 25.1 Å². The fourth-order valence-corrected chi connectivity index (χ4v) is 3.84. The average Bonchev–Trinajstić information content (AvgIpc) is 2.74. The second kappa shape index (κ2) is 9.51. The normalized spacial score (nSPS) is 11.8. The Kier molecular flexibility index (Phi) is 6.81. The fourth-order valence-electron chi connectivity index (χ4n) is 2.69. The maximum atomic E-state index is 12.8. The number of hydrogen-bond donors (Lipinski definition) is 1. The number of aryl methyl sites for hydroxylation is 1. The molecule has 1 aromatic heterocycles. The lowest BCUT2D eigenvalue weighted by atomic mass is 10.1. The smallest absolute Gasteiger partial charge is 0.344 e. The van der Waals surface area contributed by atoms with E-state index in [0.29, 0.717) is 16.5 Å². The second-order valence-electron chi connectivity index (χ2n) is 6.55. The Labute approximate surface area is 176 Å². The van der Waals surface area contributed by atoms with Gasteiger partial charge >= 0.3 is 11.9 Å². The SMILES string of the molecule is C=CC(=O)OCC(O)COC(=O)COc1ccc2sc3cc(C)ccc3c(=O)c2c1. The lowest BCUT2D eigenvalue weighted by molar-refractivity contribution is -0.151. The van der Waals surface area contributed by atoms with Gasteiger partial charge in [-0.2, -0.15) is 0 Å². The molecule has 1 atom stereocenters. The van der Waals surface area contributed by atoms with Gasteiger partial charge in [0.25, 0.3) is 0 Å². The van der Waals surface area contributed by atoms with Gasteiger partial charge in [0, 0.05) is 26.2 Å². The van der Waals surface area contributed by atoms with E-state index in [1.807, 2.05) is 25.1 Å². The molecule has 1 heterocycles. The van der Waals surface area contributed by atoms with Crippen LogP contribution >= 0.6 is 11.3 Å². The monoisotopic (exact) mass is 428 g/mol. The molecule has 0 bridgehead atoms. The van der Waals surface area contributed by atoms with Crippen molar-refractivity contribution in [2.45, 2.75) is 13.0 Å². The molecule has 0 fully saturated rings. The minimum atomic E-state index is -1.15. The number of ether oxygens (including phenoxy) is 3. The molecule has 8 heteroatoms. The molecule has 0 saturated heterocycles. The second-order valence-corrected chi connectivity index (χ2v) is 7.63. The molecule has 1 N–H and O–H groups in total. The molecule has 2 aromatic carbocycles. The highest BCUT2D eigenvalue weighted by molar-refractivity contribution is 7.24. The molecule has 3 aromatic rings. The van der Waals surface area contributed by atoms with Crippen LogP contribution in [0.5, 0.6) is 5.75 Å². The van der Waals surface area contributed by atoms with E-state index in [0.717, 1.165) is 21.0 Å². The number of aliphatic hydroxyl groups is 1. The van der Waals surface area contributed by atoms with E-state index >= 15 is 0 Å².